The Morgan fingerprint density at radius 1 is 1.16 bits per heavy atom. The van der Waals surface area contributed by atoms with E-state index in [0.29, 0.717) is 36.1 Å². The summed E-state index contributed by atoms with van der Waals surface area (Å²) in [6.45, 7) is 16.2. The second-order valence-corrected chi connectivity index (χ2v) is 15.0. The lowest BCUT2D eigenvalue weighted by Gasteiger charge is -2.48. The van der Waals surface area contributed by atoms with E-state index in [1.165, 1.54) is 24.0 Å². The number of carbonyl (C=O) groups excluding carboxylic acids is 1. The van der Waals surface area contributed by atoms with Gasteiger partial charge in [0.25, 0.3) is 0 Å². The molecule has 25 heavy (non-hydrogen) atoms. The molecule has 0 spiro atoms. The van der Waals surface area contributed by atoms with Crippen molar-refractivity contribution in [2.24, 2.45) is 17.8 Å². The molecule has 0 aromatic heterocycles. The van der Waals surface area contributed by atoms with Crippen molar-refractivity contribution in [1.29, 1.82) is 0 Å². The van der Waals surface area contributed by atoms with Gasteiger partial charge in [-0.1, -0.05) is 37.5 Å². The fourth-order valence-electron chi connectivity index (χ4n) is 4.93. The van der Waals surface area contributed by atoms with Crippen molar-refractivity contribution < 1.29 is 9.22 Å². The molecule has 2 nitrogen and oxygen atoms in total. The van der Waals surface area contributed by atoms with Crippen LogP contribution in [-0.2, 0) is 9.22 Å². The van der Waals surface area contributed by atoms with Crippen molar-refractivity contribution in [1.82, 2.24) is 0 Å². The van der Waals surface area contributed by atoms with E-state index in [0.717, 1.165) is 12.8 Å². The highest BCUT2D eigenvalue weighted by Gasteiger charge is 2.50. The first-order valence-corrected chi connectivity index (χ1v) is 13.0. The quantitative estimate of drug-likeness (QED) is 0.442. The summed E-state index contributed by atoms with van der Waals surface area (Å²) < 4.78 is 7.05. The van der Waals surface area contributed by atoms with Gasteiger partial charge >= 0.3 is 0 Å². The van der Waals surface area contributed by atoms with E-state index in [2.05, 4.69) is 47.7 Å². The fourth-order valence-corrected chi connectivity index (χ4v) is 6.31. The van der Waals surface area contributed by atoms with Gasteiger partial charge in [-0.25, -0.2) is 0 Å². The zero-order valence-electron chi connectivity index (χ0n) is 17.2. The van der Waals surface area contributed by atoms with Crippen LogP contribution >= 0.6 is 0 Å². The van der Waals surface area contributed by atoms with Crippen molar-refractivity contribution in [3.63, 3.8) is 0 Å². The van der Waals surface area contributed by atoms with Crippen molar-refractivity contribution in [2.45, 2.75) is 91.0 Å². The number of hydrogen-bond acceptors (Lipinski definition) is 2. The van der Waals surface area contributed by atoms with E-state index in [-0.39, 0.29) is 5.04 Å². The van der Waals surface area contributed by atoms with Crippen LogP contribution in [-0.4, -0.2) is 20.2 Å². The fraction of sp³-hybridized carbons (Fsp3) is 0.773. The highest BCUT2D eigenvalue weighted by Crippen LogP contribution is 2.53. The Labute approximate surface area is 155 Å². The predicted octanol–water partition coefficient (Wildman–Crippen LogP) is 6.05. The van der Waals surface area contributed by atoms with Gasteiger partial charge in [0, 0.05) is 12.3 Å². The molecule has 0 saturated heterocycles. The summed E-state index contributed by atoms with van der Waals surface area (Å²) in [7, 11) is -1.82. The number of rotatable bonds is 2. The Kier molecular flexibility index (Phi) is 4.96. The first kappa shape index (κ1) is 19.1. The molecule has 0 amide bonds. The van der Waals surface area contributed by atoms with E-state index < -0.39 is 8.32 Å². The van der Waals surface area contributed by atoms with Gasteiger partial charge in [-0.05, 0) is 75.6 Å². The second-order valence-electron chi connectivity index (χ2n) is 10.2. The summed E-state index contributed by atoms with van der Waals surface area (Å²) in [6, 6.07) is 0. The Hall–Kier alpha value is -0.673. The molecule has 0 N–H and O–H groups in total. The maximum Gasteiger partial charge on any atom is 0.192 e. The van der Waals surface area contributed by atoms with Gasteiger partial charge in [0.1, 0.15) is 0 Å². The smallest absolute Gasteiger partial charge is 0.192 e. The van der Waals surface area contributed by atoms with Crippen LogP contribution in [0.1, 0.15) is 66.7 Å². The Morgan fingerprint density at radius 3 is 2.40 bits per heavy atom. The van der Waals surface area contributed by atoms with Crippen molar-refractivity contribution in [3.05, 3.63) is 22.8 Å². The van der Waals surface area contributed by atoms with E-state index in [1.807, 2.05) is 6.08 Å². The van der Waals surface area contributed by atoms with Crippen LogP contribution in [0.5, 0.6) is 0 Å². The molecule has 0 unspecified atom stereocenters. The summed E-state index contributed by atoms with van der Waals surface area (Å²) >= 11 is 0. The zero-order valence-corrected chi connectivity index (χ0v) is 18.2. The van der Waals surface area contributed by atoms with Crippen molar-refractivity contribution >= 4 is 14.1 Å². The molecule has 0 radical (unpaired) electrons. The molecule has 3 rings (SSSR count). The first-order chi connectivity index (χ1) is 11.5. The number of carbonyl (C=O) groups is 1. The molecular weight excluding hydrogens is 324 g/mol. The molecule has 2 saturated carbocycles. The van der Waals surface area contributed by atoms with E-state index in [9.17, 15) is 4.79 Å². The van der Waals surface area contributed by atoms with Crippen LogP contribution in [0.3, 0.4) is 0 Å². The van der Waals surface area contributed by atoms with Gasteiger partial charge in [-0.2, -0.15) is 0 Å². The Bertz CT molecular complexity index is 616. The SMILES string of the molecule is CC(C)=C1CC[C@H]2CCC3=CC(=O)C[C@@H]1[C@H]3[C@H]2O[Si](C)(C)C(C)(C)C. The van der Waals surface area contributed by atoms with Crippen LogP contribution in [0.2, 0.25) is 18.1 Å². The lowest BCUT2D eigenvalue weighted by atomic mass is 9.66. The molecule has 3 aliphatic carbocycles. The van der Waals surface area contributed by atoms with Crippen LogP contribution in [0.25, 0.3) is 0 Å². The van der Waals surface area contributed by atoms with Gasteiger partial charge in [0.05, 0.1) is 6.10 Å². The molecule has 4 atom stereocenters. The molecular formula is C22H36O2Si. The summed E-state index contributed by atoms with van der Waals surface area (Å²) in [6.07, 6.45) is 7.67. The van der Waals surface area contributed by atoms with Crippen LogP contribution < -0.4 is 0 Å². The number of ketones is 1. The zero-order chi connectivity index (χ0) is 18.6. The lowest BCUT2D eigenvalue weighted by molar-refractivity contribution is -0.116. The molecule has 0 heterocycles. The maximum absolute atomic E-state index is 12.4. The van der Waals surface area contributed by atoms with Crippen LogP contribution in [0.4, 0.5) is 0 Å². The number of hydrogen-bond donors (Lipinski definition) is 0. The van der Waals surface area contributed by atoms with E-state index in [1.54, 1.807) is 5.57 Å². The van der Waals surface area contributed by atoms with Crippen LogP contribution in [0, 0.1) is 17.8 Å². The van der Waals surface area contributed by atoms with E-state index >= 15 is 0 Å². The highest BCUT2D eigenvalue weighted by atomic mass is 28.4. The molecule has 3 aliphatic rings. The first-order valence-electron chi connectivity index (χ1n) is 10.1. The average molecular weight is 361 g/mol. The highest BCUT2D eigenvalue weighted by molar-refractivity contribution is 6.74. The Morgan fingerprint density at radius 2 is 1.80 bits per heavy atom. The third kappa shape index (κ3) is 3.47. The molecule has 2 bridgehead atoms. The minimum absolute atomic E-state index is 0.228. The van der Waals surface area contributed by atoms with Crippen molar-refractivity contribution in [2.75, 3.05) is 0 Å². The summed E-state index contributed by atoms with van der Waals surface area (Å²) in [4.78, 5) is 12.4. The predicted molar refractivity (Wildman–Crippen MR) is 107 cm³/mol. The standard InChI is InChI=1S/C22H36O2Si/c1-14(2)18-11-10-15-8-9-16-12-17(23)13-19(18)20(16)21(15)24-25(6,7)22(3,4)5/h12,15,19-21H,8-11,13H2,1-7H3/t15-,19+,20+,21+/m1/s1. The largest absolute Gasteiger partial charge is 0.413 e. The molecule has 140 valence electrons. The normalized spacial score (nSPS) is 33.0. The third-order valence-corrected chi connectivity index (χ3v) is 11.8. The Balaban J connectivity index is 2.04. The van der Waals surface area contributed by atoms with Gasteiger partial charge in [-0.15, -0.1) is 0 Å². The number of fused-ring (bicyclic) bond motifs is 1. The average Bonchev–Trinajstić information content (AvgIpc) is 2.57. The minimum Gasteiger partial charge on any atom is -0.413 e. The summed E-state index contributed by atoms with van der Waals surface area (Å²) in [5.74, 6) is 1.82. The van der Waals surface area contributed by atoms with Gasteiger partial charge < -0.3 is 4.43 Å². The van der Waals surface area contributed by atoms with Gasteiger partial charge in [0.2, 0.25) is 0 Å². The summed E-state index contributed by atoms with van der Waals surface area (Å²) in [5, 5.41) is 0.228. The summed E-state index contributed by atoms with van der Waals surface area (Å²) in [5.41, 5.74) is 4.37. The van der Waals surface area contributed by atoms with E-state index in [4.69, 9.17) is 4.43 Å². The van der Waals surface area contributed by atoms with Crippen molar-refractivity contribution in [3.8, 4) is 0 Å². The maximum atomic E-state index is 12.4. The third-order valence-electron chi connectivity index (χ3n) is 7.36. The van der Waals surface area contributed by atoms with Gasteiger partial charge in [0.15, 0.2) is 14.1 Å². The lowest BCUT2D eigenvalue weighted by Crippen LogP contribution is -2.51. The topological polar surface area (TPSA) is 26.3 Å². The molecule has 0 aliphatic heterocycles. The second kappa shape index (κ2) is 6.49. The molecule has 3 heteroatoms. The van der Waals surface area contributed by atoms with Gasteiger partial charge in [-0.3, -0.25) is 4.79 Å². The molecule has 0 aromatic carbocycles. The monoisotopic (exact) mass is 360 g/mol. The van der Waals surface area contributed by atoms with Crippen LogP contribution in [0.15, 0.2) is 22.8 Å². The molecule has 2 fully saturated rings. The number of allylic oxidation sites excluding steroid dienone is 3. The molecule has 0 aromatic rings. The minimum atomic E-state index is -1.82.